The van der Waals surface area contributed by atoms with Gasteiger partial charge < -0.3 is 10.4 Å². The third-order valence-electron chi connectivity index (χ3n) is 3.88. The van der Waals surface area contributed by atoms with Crippen molar-refractivity contribution in [1.29, 1.82) is 0 Å². The highest BCUT2D eigenvalue weighted by molar-refractivity contribution is 5.75. The zero-order chi connectivity index (χ0) is 15.2. The van der Waals surface area contributed by atoms with E-state index in [4.69, 9.17) is 0 Å². The summed E-state index contributed by atoms with van der Waals surface area (Å²) in [6.07, 6.45) is 2.25. The summed E-state index contributed by atoms with van der Waals surface area (Å²) < 4.78 is 0. The lowest BCUT2D eigenvalue weighted by atomic mass is 9.92. The third kappa shape index (κ3) is 5.74. The van der Waals surface area contributed by atoms with Crippen LogP contribution in [0.4, 0.5) is 0 Å². The van der Waals surface area contributed by atoms with E-state index in [0.717, 1.165) is 12.8 Å². The first-order chi connectivity index (χ1) is 9.31. The molecule has 20 heavy (non-hydrogen) atoms. The molecule has 0 spiro atoms. The van der Waals surface area contributed by atoms with E-state index in [1.54, 1.807) is 6.92 Å². The van der Waals surface area contributed by atoms with Crippen molar-refractivity contribution in [3.05, 3.63) is 35.4 Å². The van der Waals surface area contributed by atoms with Crippen molar-refractivity contribution in [2.45, 2.75) is 52.6 Å². The molecule has 112 valence electrons. The van der Waals surface area contributed by atoms with Crippen LogP contribution in [0.1, 0.15) is 44.7 Å². The second-order valence-electron chi connectivity index (χ2n) is 6.13. The Morgan fingerprint density at radius 1 is 1.30 bits per heavy atom. The number of amides is 1. The minimum Gasteiger partial charge on any atom is -0.388 e. The summed E-state index contributed by atoms with van der Waals surface area (Å²) in [4.78, 5) is 11.7. The smallest absolute Gasteiger partial charge is 0.220 e. The molecule has 1 aromatic carbocycles. The summed E-state index contributed by atoms with van der Waals surface area (Å²) in [6, 6.07) is 8.40. The molecule has 0 saturated heterocycles. The van der Waals surface area contributed by atoms with Gasteiger partial charge in [0.15, 0.2) is 0 Å². The molecule has 3 heteroatoms. The highest BCUT2D eigenvalue weighted by Crippen LogP contribution is 2.14. The van der Waals surface area contributed by atoms with Crippen LogP contribution >= 0.6 is 0 Å². The van der Waals surface area contributed by atoms with Gasteiger partial charge in [0.1, 0.15) is 0 Å². The molecule has 0 heterocycles. The molecule has 0 aliphatic carbocycles. The quantitative estimate of drug-likeness (QED) is 0.805. The molecule has 0 fully saturated rings. The molecular formula is C17H27NO2. The van der Waals surface area contributed by atoms with Crippen molar-refractivity contribution in [1.82, 2.24) is 5.32 Å². The number of benzene rings is 1. The number of carbonyl (C=O) groups excluding carboxylic acids is 1. The van der Waals surface area contributed by atoms with Gasteiger partial charge in [0.25, 0.3) is 0 Å². The van der Waals surface area contributed by atoms with Gasteiger partial charge in [-0.15, -0.1) is 0 Å². The molecule has 0 saturated carbocycles. The predicted molar refractivity (Wildman–Crippen MR) is 82.6 cm³/mol. The maximum Gasteiger partial charge on any atom is 0.220 e. The molecule has 0 aliphatic rings. The summed E-state index contributed by atoms with van der Waals surface area (Å²) in [5.74, 6) is 0.133. The highest BCUT2D eigenvalue weighted by Gasteiger charge is 2.25. The summed E-state index contributed by atoms with van der Waals surface area (Å²) in [7, 11) is 0. The largest absolute Gasteiger partial charge is 0.388 e. The number of hydrogen-bond donors (Lipinski definition) is 2. The molecular weight excluding hydrogens is 250 g/mol. The minimum atomic E-state index is -0.841. The normalized spacial score (nSPS) is 14.1. The molecule has 0 aromatic heterocycles. The van der Waals surface area contributed by atoms with E-state index in [1.165, 1.54) is 11.1 Å². The topological polar surface area (TPSA) is 49.3 Å². The number of nitrogens with one attached hydrogen (secondary N) is 1. The fourth-order valence-corrected chi connectivity index (χ4v) is 1.78. The Morgan fingerprint density at radius 3 is 2.45 bits per heavy atom. The molecule has 1 amide bonds. The third-order valence-corrected chi connectivity index (χ3v) is 3.88. The first-order valence-electron chi connectivity index (χ1n) is 7.36. The Hall–Kier alpha value is -1.35. The van der Waals surface area contributed by atoms with Crippen LogP contribution in [0, 0.1) is 12.8 Å². The first-order valence-corrected chi connectivity index (χ1v) is 7.36. The maximum absolute atomic E-state index is 11.7. The molecule has 0 bridgehead atoms. The number of aryl methyl sites for hydroxylation is 2. The van der Waals surface area contributed by atoms with Crippen molar-refractivity contribution in [2.75, 3.05) is 6.54 Å². The standard InChI is InChI=1S/C17H27NO2/c1-13(2)17(4,20)12-18-16(19)7-5-6-15-10-8-14(3)9-11-15/h8-11,13,20H,5-7,12H2,1-4H3,(H,18,19). The lowest BCUT2D eigenvalue weighted by Gasteiger charge is -2.27. The van der Waals surface area contributed by atoms with E-state index in [9.17, 15) is 9.90 Å². The number of aliphatic hydroxyl groups is 1. The van der Waals surface area contributed by atoms with Crippen molar-refractivity contribution >= 4 is 5.91 Å². The van der Waals surface area contributed by atoms with Crippen LogP contribution in [0.15, 0.2) is 24.3 Å². The SMILES string of the molecule is Cc1ccc(CCCC(=O)NCC(C)(O)C(C)C)cc1. The Balaban J connectivity index is 2.25. The van der Waals surface area contributed by atoms with Crippen LogP contribution in [-0.2, 0) is 11.2 Å². The van der Waals surface area contributed by atoms with E-state index in [-0.39, 0.29) is 11.8 Å². The van der Waals surface area contributed by atoms with Gasteiger partial charge in [-0.25, -0.2) is 0 Å². The zero-order valence-electron chi connectivity index (χ0n) is 13.1. The summed E-state index contributed by atoms with van der Waals surface area (Å²) in [6.45, 7) is 8.03. The van der Waals surface area contributed by atoms with Crippen LogP contribution in [0.2, 0.25) is 0 Å². The Kier molecular flexibility index (Phi) is 6.21. The van der Waals surface area contributed by atoms with Crippen LogP contribution in [-0.4, -0.2) is 23.2 Å². The predicted octanol–water partition coefficient (Wildman–Crippen LogP) is 2.84. The fraction of sp³-hybridized carbons (Fsp3) is 0.588. The van der Waals surface area contributed by atoms with E-state index in [0.29, 0.717) is 13.0 Å². The van der Waals surface area contributed by atoms with Gasteiger partial charge in [-0.3, -0.25) is 4.79 Å². The minimum absolute atomic E-state index is 0.0121. The van der Waals surface area contributed by atoms with E-state index < -0.39 is 5.60 Å². The average Bonchev–Trinajstić information content (AvgIpc) is 2.39. The van der Waals surface area contributed by atoms with E-state index >= 15 is 0 Å². The first kappa shape index (κ1) is 16.7. The van der Waals surface area contributed by atoms with Crippen LogP contribution in [0.25, 0.3) is 0 Å². The van der Waals surface area contributed by atoms with Crippen LogP contribution < -0.4 is 5.32 Å². The van der Waals surface area contributed by atoms with Gasteiger partial charge in [0.05, 0.1) is 5.60 Å². The molecule has 2 N–H and O–H groups in total. The van der Waals surface area contributed by atoms with Gasteiger partial charge in [-0.1, -0.05) is 43.7 Å². The summed E-state index contributed by atoms with van der Waals surface area (Å²) >= 11 is 0. The fourth-order valence-electron chi connectivity index (χ4n) is 1.78. The lowest BCUT2D eigenvalue weighted by Crippen LogP contribution is -2.44. The zero-order valence-corrected chi connectivity index (χ0v) is 13.1. The highest BCUT2D eigenvalue weighted by atomic mass is 16.3. The van der Waals surface area contributed by atoms with Crippen molar-refractivity contribution in [2.24, 2.45) is 5.92 Å². The van der Waals surface area contributed by atoms with Gasteiger partial charge in [0, 0.05) is 13.0 Å². The molecule has 0 aliphatic heterocycles. The molecule has 1 rings (SSSR count). The van der Waals surface area contributed by atoms with Gasteiger partial charge in [-0.2, -0.15) is 0 Å². The monoisotopic (exact) mass is 277 g/mol. The Bertz CT molecular complexity index is 421. The second-order valence-corrected chi connectivity index (χ2v) is 6.13. The maximum atomic E-state index is 11.7. The van der Waals surface area contributed by atoms with Gasteiger partial charge >= 0.3 is 0 Å². The summed E-state index contributed by atoms with van der Waals surface area (Å²) in [5, 5.41) is 12.9. The number of hydrogen-bond acceptors (Lipinski definition) is 2. The molecule has 1 aromatic rings. The number of rotatable bonds is 7. The van der Waals surface area contributed by atoms with Crippen molar-refractivity contribution < 1.29 is 9.90 Å². The van der Waals surface area contributed by atoms with E-state index in [2.05, 4.69) is 36.5 Å². The van der Waals surface area contributed by atoms with Crippen molar-refractivity contribution in [3.63, 3.8) is 0 Å². The van der Waals surface area contributed by atoms with Gasteiger partial charge in [-0.05, 0) is 38.2 Å². The lowest BCUT2D eigenvalue weighted by molar-refractivity contribution is -0.122. The van der Waals surface area contributed by atoms with Crippen LogP contribution in [0.3, 0.4) is 0 Å². The Labute approximate surface area is 122 Å². The van der Waals surface area contributed by atoms with Crippen molar-refractivity contribution in [3.8, 4) is 0 Å². The molecule has 3 nitrogen and oxygen atoms in total. The Morgan fingerprint density at radius 2 is 1.90 bits per heavy atom. The number of carbonyl (C=O) groups is 1. The molecule has 0 radical (unpaired) electrons. The molecule has 1 unspecified atom stereocenters. The van der Waals surface area contributed by atoms with Gasteiger partial charge in [0.2, 0.25) is 5.91 Å². The average molecular weight is 277 g/mol. The van der Waals surface area contributed by atoms with Crippen LogP contribution in [0.5, 0.6) is 0 Å². The second kappa shape index (κ2) is 7.44. The van der Waals surface area contributed by atoms with E-state index in [1.807, 2.05) is 13.8 Å². The molecule has 1 atom stereocenters. The summed E-state index contributed by atoms with van der Waals surface area (Å²) in [5.41, 5.74) is 1.67.